The molecule has 0 aromatic heterocycles. The van der Waals surface area contributed by atoms with Gasteiger partial charge in [-0.2, -0.15) is 0 Å². The molecule has 0 saturated heterocycles. The highest BCUT2D eigenvalue weighted by atomic mass is 79.9. The van der Waals surface area contributed by atoms with Crippen LogP contribution >= 0.6 is 31.9 Å². The van der Waals surface area contributed by atoms with Crippen molar-refractivity contribution >= 4 is 37.6 Å². The molecule has 2 aliphatic carbocycles. The predicted octanol–water partition coefficient (Wildman–Crippen LogP) is 4.68. The van der Waals surface area contributed by atoms with E-state index >= 15 is 0 Å². The van der Waals surface area contributed by atoms with Gasteiger partial charge in [0.1, 0.15) is 3.23 Å². The Hall–Kier alpha value is 0.590. The third-order valence-corrected chi connectivity index (χ3v) is 6.98. The van der Waals surface area contributed by atoms with E-state index < -0.39 is 0 Å². The molecule has 2 aliphatic rings. The second-order valence-electron chi connectivity index (χ2n) is 6.01. The maximum absolute atomic E-state index is 12.1. The van der Waals surface area contributed by atoms with Crippen molar-refractivity contribution in [1.82, 2.24) is 0 Å². The Morgan fingerprint density at radius 3 is 2.74 bits per heavy atom. The molecule has 0 aliphatic heterocycles. The molecule has 110 valence electrons. The van der Waals surface area contributed by atoms with E-state index in [4.69, 9.17) is 4.74 Å². The maximum atomic E-state index is 12.1. The van der Waals surface area contributed by atoms with Crippen LogP contribution in [0.3, 0.4) is 0 Å². The van der Waals surface area contributed by atoms with Crippen LogP contribution in [0.2, 0.25) is 0 Å². The number of hydrogen-bond donors (Lipinski definition) is 0. The summed E-state index contributed by atoms with van der Waals surface area (Å²) in [6, 6.07) is 0. The smallest absolute Gasteiger partial charge is 0.164 e. The van der Waals surface area contributed by atoms with Gasteiger partial charge in [-0.1, -0.05) is 51.6 Å². The Morgan fingerprint density at radius 2 is 2.11 bits per heavy atom. The lowest BCUT2D eigenvalue weighted by Crippen LogP contribution is -2.54. The van der Waals surface area contributed by atoms with Crippen molar-refractivity contribution in [3.05, 3.63) is 0 Å². The van der Waals surface area contributed by atoms with Crippen molar-refractivity contribution < 1.29 is 9.53 Å². The average Bonchev–Trinajstić information content (AvgIpc) is 2.80. The minimum Gasteiger partial charge on any atom is -0.381 e. The summed E-state index contributed by atoms with van der Waals surface area (Å²) < 4.78 is 5.01. The first-order valence-corrected chi connectivity index (χ1v) is 9.05. The summed E-state index contributed by atoms with van der Waals surface area (Å²) in [7, 11) is 1.80. The monoisotopic (exact) mass is 394 g/mol. The van der Waals surface area contributed by atoms with Crippen LogP contribution in [-0.4, -0.2) is 22.2 Å². The fourth-order valence-corrected chi connectivity index (χ4v) is 5.34. The Balaban J connectivity index is 1.70. The Morgan fingerprint density at radius 1 is 1.37 bits per heavy atom. The highest BCUT2D eigenvalue weighted by molar-refractivity contribution is 9.26. The summed E-state index contributed by atoms with van der Waals surface area (Å²) in [4.78, 5) is 12.1. The summed E-state index contributed by atoms with van der Waals surface area (Å²) in [5.74, 6) is 1.85. The number of carbonyl (C=O) groups excluding carboxylic acids is 1. The number of unbranched alkanes of at least 4 members (excludes halogenated alkanes) is 1. The molecule has 0 aromatic carbocycles. The maximum Gasteiger partial charge on any atom is 0.164 e. The third kappa shape index (κ3) is 3.11. The molecular formula is C15H24Br2O2. The van der Waals surface area contributed by atoms with Gasteiger partial charge in [-0.15, -0.1) is 0 Å². The number of halogens is 2. The van der Waals surface area contributed by atoms with E-state index in [0.717, 1.165) is 12.8 Å². The number of hydrogen-bond acceptors (Lipinski definition) is 2. The third-order valence-electron chi connectivity index (χ3n) is 5.03. The molecule has 4 unspecified atom stereocenters. The number of fused-ring (bicyclic) bond motifs is 1. The number of carbonyl (C=O) groups is 1. The number of Topliss-reactive ketones (excluding diaryl/α,β-unsaturated/α-hetero) is 1. The predicted molar refractivity (Wildman–Crippen MR) is 84.9 cm³/mol. The fourth-order valence-electron chi connectivity index (χ4n) is 3.78. The molecule has 2 nitrogen and oxygen atoms in total. The highest BCUT2D eigenvalue weighted by Crippen LogP contribution is 2.61. The van der Waals surface area contributed by atoms with Gasteiger partial charge in [0.2, 0.25) is 0 Å². The van der Waals surface area contributed by atoms with Gasteiger partial charge in [0.25, 0.3) is 0 Å². The van der Waals surface area contributed by atoms with Crippen molar-refractivity contribution in [2.45, 2.75) is 61.2 Å². The number of ketones is 1. The van der Waals surface area contributed by atoms with Crippen molar-refractivity contribution in [2.75, 3.05) is 7.11 Å². The normalized spacial score (nSPS) is 33.9. The lowest BCUT2D eigenvalue weighted by molar-refractivity contribution is -0.134. The van der Waals surface area contributed by atoms with E-state index in [1.165, 1.54) is 32.1 Å². The lowest BCUT2D eigenvalue weighted by Gasteiger charge is -2.44. The van der Waals surface area contributed by atoms with Crippen LogP contribution in [0.5, 0.6) is 0 Å². The molecule has 4 heteroatoms. The molecular weight excluding hydrogens is 372 g/mol. The fraction of sp³-hybridized carbons (Fsp3) is 0.933. The van der Waals surface area contributed by atoms with Crippen LogP contribution in [0.25, 0.3) is 0 Å². The Bertz CT molecular complexity index is 326. The zero-order chi connectivity index (χ0) is 14.0. The van der Waals surface area contributed by atoms with Crippen LogP contribution in [0.4, 0.5) is 0 Å². The SMILES string of the molecule is CCC(CCCCC1CCC2C1C(=O)C2(Br)Br)OC. The van der Waals surface area contributed by atoms with Gasteiger partial charge in [0.15, 0.2) is 5.78 Å². The van der Waals surface area contributed by atoms with Crippen LogP contribution in [0.15, 0.2) is 0 Å². The minimum absolute atomic E-state index is 0.322. The number of ether oxygens (including phenoxy) is 1. The zero-order valence-electron chi connectivity index (χ0n) is 11.8. The van der Waals surface area contributed by atoms with Gasteiger partial charge >= 0.3 is 0 Å². The van der Waals surface area contributed by atoms with Crippen LogP contribution in [0, 0.1) is 17.8 Å². The van der Waals surface area contributed by atoms with E-state index in [1.54, 1.807) is 7.11 Å². The highest BCUT2D eigenvalue weighted by Gasteiger charge is 2.63. The molecule has 0 bridgehead atoms. The Labute approximate surface area is 133 Å². The minimum atomic E-state index is -0.386. The number of methoxy groups -OCH3 is 1. The van der Waals surface area contributed by atoms with E-state index in [0.29, 0.717) is 29.6 Å². The van der Waals surface area contributed by atoms with Gasteiger partial charge in [0, 0.05) is 18.9 Å². The van der Waals surface area contributed by atoms with Crippen molar-refractivity contribution in [1.29, 1.82) is 0 Å². The molecule has 19 heavy (non-hydrogen) atoms. The lowest BCUT2D eigenvalue weighted by atomic mass is 9.70. The topological polar surface area (TPSA) is 26.3 Å². The van der Waals surface area contributed by atoms with Crippen molar-refractivity contribution in [3.63, 3.8) is 0 Å². The van der Waals surface area contributed by atoms with Gasteiger partial charge < -0.3 is 4.74 Å². The molecule has 0 aromatic rings. The molecule has 2 rings (SSSR count). The summed E-state index contributed by atoms with van der Waals surface area (Å²) >= 11 is 7.07. The summed E-state index contributed by atoms with van der Waals surface area (Å²) in [6.45, 7) is 2.17. The van der Waals surface area contributed by atoms with Crippen molar-refractivity contribution in [2.24, 2.45) is 17.8 Å². The Kier molecular flexibility index (Phi) is 5.52. The first-order chi connectivity index (χ1) is 9.02. The van der Waals surface area contributed by atoms with E-state index in [9.17, 15) is 4.79 Å². The zero-order valence-corrected chi connectivity index (χ0v) is 15.0. The molecule has 2 fully saturated rings. The summed E-state index contributed by atoms with van der Waals surface area (Å²) in [5.41, 5.74) is 0. The summed E-state index contributed by atoms with van der Waals surface area (Å²) in [5, 5.41) is 0. The molecule has 2 saturated carbocycles. The van der Waals surface area contributed by atoms with Crippen molar-refractivity contribution in [3.8, 4) is 0 Å². The first kappa shape index (κ1) is 16.0. The molecule has 0 spiro atoms. The summed E-state index contributed by atoms with van der Waals surface area (Å²) in [6.07, 6.45) is 8.75. The largest absolute Gasteiger partial charge is 0.381 e. The van der Waals surface area contributed by atoms with E-state index in [2.05, 4.69) is 38.8 Å². The second-order valence-corrected chi connectivity index (χ2v) is 9.57. The van der Waals surface area contributed by atoms with Gasteiger partial charge in [-0.25, -0.2) is 0 Å². The molecule has 0 radical (unpaired) electrons. The van der Waals surface area contributed by atoms with Gasteiger partial charge in [-0.3, -0.25) is 4.79 Å². The molecule has 0 heterocycles. The quantitative estimate of drug-likeness (QED) is 0.462. The van der Waals surface area contributed by atoms with Crippen LogP contribution in [-0.2, 0) is 9.53 Å². The molecule has 0 N–H and O–H groups in total. The van der Waals surface area contributed by atoms with Crippen LogP contribution in [0.1, 0.15) is 51.9 Å². The molecule has 4 atom stereocenters. The van der Waals surface area contributed by atoms with E-state index in [1.807, 2.05) is 0 Å². The van der Waals surface area contributed by atoms with Gasteiger partial charge in [-0.05, 0) is 38.0 Å². The average molecular weight is 396 g/mol. The number of rotatable bonds is 7. The standard InChI is InChI=1S/C15H24Br2O2/c1-3-11(19-2)7-5-4-6-10-8-9-12-13(10)14(18)15(12,16)17/h10-13H,3-9H2,1-2H3. The first-order valence-electron chi connectivity index (χ1n) is 7.47. The number of alkyl halides is 2. The van der Waals surface area contributed by atoms with Crippen LogP contribution < -0.4 is 0 Å². The molecule has 0 amide bonds. The second kappa shape index (κ2) is 6.57. The van der Waals surface area contributed by atoms with Gasteiger partial charge in [0.05, 0.1) is 6.10 Å². The van der Waals surface area contributed by atoms with E-state index in [-0.39, 0.29) is 3.23 Å².